The number of aromatic nitrogens is 2. The van der Waals surface area contributed by atoms with Crippen LogP contribution in [0.2, 0.25) is 0 Å². The van der Waals surface area contributed by atoms with Crippen molar-refractivity contribution in [3.63, 3.8) is 0 Å². The zero-order valence-electron chi connectivity index (χ0n) is 11.9. The van der Waals surface area contributed by atoms with Crippen LogP contribution in [-0.4, -0.2) is 9.36 Å². The summed E-state index contributed by atoms with van der Waals surface area (Å²) >= 11 is 0. The van der Waals surface area contributed by atoms with E-state index >= 15 is 0 Å². The van der Waals surface area contributed by atoms with Crippen molar-refractivity contribution in [2.24, 2.45) is 0 Å². The number of nitrogen functional groups attached to an aromatic ring is 1. The molecule has 1 aromatic heterocycles. The maximum absolute atomic E-state index is 12.4. The fourth-order valence-corrected chi connectivity index (χ4v) is 2.56. The molecule has 1 heterocycles. The Hall–Kier alpha value is -2.75. The van der Waals surface area contributed by atoms with E-state index in [1.54, 1.807) is 10.7 Å². The summed E-state index contributed by atoms with van der Waals surface area (Å²) in [6.07, 6.45) is 0. The Morgan fingerprint density at radius 3 is 2.43 bits per heavy atom. The third kappa shape index (κ3) is 2.36. The molecule has 0 amide bonds. The number of nitrogens with two attached hydrogens (primary N) is 1. The number of nitrogens with zero attached hydrogens (tertiary/aromatic N) is 2. The molecule has 0 saturated carbocycles. The van der Waals surface area contributed by atoms with Crippen molar-refractivity contribution in [3.8, 4) is 16.9 Å². The van der Waals surface area contributed by atoms with Crippen molar-refractivity contribution >= 4 is 5.69 Å². The molecule has 0 unspecified atom stereocenters. The summed E-state index contributed by atoms with van der Waals surface area (Å²) in [6, 6.07) is 18.9. The molecule has 21 heavy (non-hydrogen) atoms. The van der Waals surface area contributed by atoms with Crippen LogP contribution >= 0.6 is 0 Å². The monoisotopic (exact) mass is 279 g/mol. The maximum atomic E-state index is 12.4. The minimum atomic E-state index is -0.0412. The lowest BCUT2D eigenvalue weighted by molar-refractivity contribution is 0.580. The minimum absolute atomic E-state index is 0.0412. The van der Waals surface area contributed by atoms with E-state index in [-0.39, 0.29) is 5.56 Å². The average molecular weight is 279 g/mol. The topological polar surface area (TPSA) is 52.9 Å². The average Bonchev–Trinajstić information content (AvgIpc) is 2.84. The molecule has 0 spiro atoms. The zero-order valence-corrected chi connectivity index (χ0v) is 11.9. The van der Waals surface area contributed by atoms with Gasteiger partial charge in [0.15, 0.2) is 0 Å². The Morgan fingerprint density at radius 1 is 1.00 bits per heavy atom. The van der Waals surface area contributed by atoms with E-state index in [1.807, 2.05) is 66.2 Å². The number of rotatable bonds is 3. The second kappa shape index (κ2) is 5.32. The third-order valence-electron chi connectivity index (χ3n) is 3.47. The van der Waals surface area contributed by atoms with Crippen molar-refractivity contribution in [1.29, 1.82) is 0 Å². The van der Waals surface area contributed by atoms with Crippen LogP contribution in [0.25, 0.3) is 16.9 Å². The molecular weight excluding hydrogens is 262 g/mol. The van der Waals surface area contributed by atoms with Crippen LogP contribution in [0.1, 0.15) is 6.92 Å². The molecule has 0 radical (unpaired) electrons. The first kappa shape index (κ1) is 13.2. The summed E-state index contributed by atoms with van der Waals surface area (Å²) in [7, 11) is 0. The highest BCUT2D eigenvalue weighted by atomic mass is 16.1. The fourth-order valence-electron chi connectivity index (χ4n) is 2.56. The highest BCUT2D eigenvalue weighted by Crippen LogP contribution is 2.22. The molecule has 0 aliphatic carbocycles. The normalized spacial score (nSPS) is 10.7. The van der Waals surface area contributed by atoms with Gasteiger partial charge < -0.3 is 5.73 Å². The van der Waals surface area contributed by atoms with Gasteiger partial charge in [-0.05, 0) is 31.2 Å². The molecule has 3 rings (SSSR count). The van der Waals surface area contributed by atoms with Gasteiger partial charge in [0.25, 0.3) is 5.56 Å². The number of hydrogen-bond acceptors (Lipinski definition) is 2. The minimum Gasteiger partial charge on any atom is -0.399 e. The van der Waals surface area contributed by atoms with Gasteiger partial charge in [-0.3, -0.25) is 9.48 Å². The van der Waals surface area contributed by atoms with E-state index in [4.69, 9.17) is 5.73 Å². The molecule has 0 bridgehead atoms. The summed E-state index contributed by atoms with van der Waals surface area (Å²) in [5.41, 5.74) is 9.18. The highest BCUT2D eigenvalue weighted by molar-refractivity contribution is 5.64. The molecule has 0 saturated heterocycles. The summed E-state index contributed by atoms with van der Waals surface area (Å²) in [6.45, 7) is 2.72. The second-order valence-electron chi connectivity index (χ2n) is 4.86. The van der Waals surface area contributed by atoms with Gasteiger partial charge in [0.2, 0.25) is 0 Å². The molecular formula is C17H17N3O. The van der Waals surface area contributed by atoms with Gasteiger partial charge in [-0.25, -0.2) is 4.68 Å². The Balaban J connectivity index is 2.23. The Kier molecular flexibility index (Phi) is 3.36. The first-order chi connectivity index (χ1) is 10.2. The second-order valence-corrected chi connectivity index (χ2v) is 4.86. The summed E-state index contributed by atoms with van der Waals surface area (Å²) < 4.78 is 3.66. The van der Waals surface area contributed by atoms with E-state index in [9.17, 15) is 4.79 Å². The number of para-hydroxylation sites is 1. The summed E-state index contributed by atoms with van der Waals surface area (Å²) in [5, 5.41) is 0. The zero-order chi connectivity index (χ0) is 14.8. The number of hydrogen-bond donors (Lipinski definition) is 1. The fraction of sp³-hybridized carbons (Fsp3) is 0.118. The predicted molar refractivity (Wildman–Crippen MR) is 85.6 cm³/mol. The van der Waals surface area contributed by atoms with E-state index < -0.39 is 0 Å². The molecule has 0 atom stereocenters. The molecule has 4 nitrogen and oxygen atoms in total. The summed E-state index contributed by atoms with van der Waals surface area (Å²) in [5.74, 6) is 0. The van der Waals surface area contributed by atoms with Crippen LogP contribution in [-0.2, 0) is 6.54 Å². The number of benzene rings is 2. The number of anilines is 1. The Morgan fingerprint density at radius 2 is 1.76 bits per heavy atom. The van der Waals surface area contributed by atoms with Crippen LogP contribution in [0.15, 0.2) is 65.5 Å². The molecule has 3 aromatic rings. The van der Waals surface area contributed by atoms with Crippen LogP contribution < -0.4 is 11.3 Å². The maximum Gasteiger partial charge on any atom is 0.272 e. The molecule has 4 heteroatoms. The van der Waals surface area contributed by atoms with Crippen molar-refractivity contribution in [2.75, 3.05) is 5.73 Å². The Bertz CT molecular complexity index is 816. The lowest BCUT2D eigenvalue weighted by Gasteiger charge is -2.13. The van der Waals surface area contributed by atoms with Crippen LogP contribution in [0, 0.1) is 0 Å². The van der Waals surface area contributed by atoms with Crippen molar-refractivity contribution in [1.82, 2.24) is 9.36 Å². The van der Waals surface area contributed by atoms with Crippen LogP contribution in [0.4, 0.5) is 5.69 Å². The Labute approximate surface area is 123 Å². The molecule has 2 aromatic carbocycles. The summed E-state index contributed by atoms with van der Waals surface area (Å²) in [4.78, 5) is 12.4. The van der Waals surface area contributed by atoms with Gasteiger partial charge in [-0.2, -0.15) is 0 Å². The highest BCUT2D eigenvalue weighted by Gasteiger charge is 2.13. The van der Waals surface area contributed by atoms with Gasteiger partial charge in [0, 0.05) is 23.9 Å². The van der Waals surface area contributed by atoms with Crippen molar-refractivity contribution in [3.05, 3.63) is 71.0 Å². The molecule has 2 N–H and O–H groups in total. The van der Waals surface area contributed by atoms with Gasteiger partial charge in [-0.1, -0.05) is 30.3 Å². The van der Waals surface area contributed by atoms with E-state index in [2.05, 4.69) is 0 Å². The van der Waals surface area contributed by atoms with E-state index in [0.29, 0.717) is 12.2 Å². The lowest BCUT2D eigenvalue weighted by Crippen LogP contribution is -2.20. The van der Waals surface area contributed by atoms with Gasteiger partial charge in [0.1, 0.15) is 0 Å². The molecule has 0 aliphatic heterocycles. The quantitative estimate of drug-likeness (QED) is 0.749. The smallest absolute Gasteiger partial charge is 0.272 e. The van der Waals surface area contributed by atoms with Crippen molar-refractivity contribution < 1.29 is 0 Å². The largest absolute Gasteiger partial charge is 0.399 e. The predicted octanol–water partition coefficient (Wildman–Crippen LogP) is 2.91. The van der Waals surface area contributed by atoms with E-state index in [0.717, 1.165) is 16.9 Å². The first-order valence-corrected chi connectivity index (χ1v) is 6.95. The third-order valence-corrected chi connectivity index (χ3v) is 3.47. The standard InChI is InChI=1S/C17H17N3O/c1-2-19-16(13-7-6-8-14(18)11-13)12-17(21)20(19)15-9-4-3-5-10-15/h3-12H,2,18H2,1H3. The SMILES string of the molecule is CCn1c(-c2cccc(N)c2)cc(=O)n1-c1ccccc1. The molecule has 106 valence electrons. The van der Waals surface area contributed by atoms with Gasteiger partial charge in [-0.15, -0.1) is 0 Å². The van der Waals surface area contributed by atoms with E-state index in [1.165, 1.54) is 0 Å². The molecule has 0 fully saturated rings. The molecule has 0 aliphatic rings. The lowest BCUT2D eigenvalue weighted by atomic mass is 10.1. The van der Waals surface area contributed by atoms with Crippen LogP contribution in [0.5, 0.6) is 0 Å². The van der Waals surface area contributed by atoms with Crippen molar-refractivity contribution in [2.45, 2.75) is 13.5 Å². The van der Waals surface area contributed by atoms with Gasteiger partial charge in [0.05, 0.1) is 11.4 Å². The van der Waals surface area contributed by atoms with Gasteiger partial charge >= 0.3 is 0 Å². The van der Waals surface area contributed by atoms with Crippen LogP contribution in [0.3, 0.4) is 0 Å². The first-order valence-electron chi connectivity index (χ1n) is 6.95.